The van der Waals surface area contributed by atoms with Crippen LogP contribution in [0.5, 0.6) is 0 Å². The van der Waals surface area contributed by atoms with E-state index in [-0.39, 0.29) is 0 Å². The molecular formula is C23H24N6. The van der Waals surface area contributed by atoms with Gasteiger partial charge in [0, 0.05) is 22.2 Å². The fraction of sp³-hybridized carbons (Fsp3) is 0.391. The van der Waals surface area contributed by atoms with Gasteiger partial charge < -0.3 is 11.1 Å². The van der Waals surface area contributed by atoms with Gasteiger partial charge in [0.05, 0.1) is 17.1 Å². The van der Waals surface area contributed by atoms with Crippen LogP contribution in [0, 0.1) is 24.7 Å². The number of nitrogens with zero attached hydrogens (tertiary/aromatic N) is 2. The van der Waals surface area contributed by atoms with Crippen LogP contribution >= 0.6 is 0 Å². The number of fused-ring (bicyclic) bond motifs is 10. The Morgan fingerprint density at radius 1 is 1.03 bits per heavy atom. The van der Waals surface area contributed by atoms with Crippen LogP contribution in [0.15, 0.2) is 30.3 Å². The topological polar surface area (TPSA) is 95.4 Å². The average molecular weight is 384 g/mol. The Balaban J connectivity index is 1.45. The predicted octanol–water partition coefficient (Wildman–Crippen LogP) is 4.63. The largest absolute Gasteiger partial charge is 0.382 e. The van der Waals surface area contributed by atoms with Crippen LogP contribution in [0.4, 0.5) is 11.5 Å². The molecule has 5 N–H and O–H groups in total. The number of aromatic nitrogens is 4. The third-order valence-electron chi connectivity index (χ3n) is 7.93. The number of nitrogen functional groups attached to an aromatic ring is 1. The highest BCUT2D eigenvalue weighted by atomic mass is 15.1. The molecule has 6 nitrogen and oxygen atoms in total. The van der Waals surface area contributed by atoms with Crippen molar-refractivity contribution in [3.8, 4) is 0 Å². The lowest BCUT2D eigenvalue weighted by Crippen LogP contribution is -2.35. The van der Waals surface area contributed by atoms with Gasteiger partial charge in [0.25, 0.3) is 0 Å². The fourth-order valence-electron chi connectivity index (χ4n) is 6.83. The molecule has 2 aromatic carbocycles. The molecule has 5 atom stereocenters. The molecule has 2 saturated carbocycles. The van der Waals surface area contributed by atoms with Gasteiger partial charge >= 0.3 is 0 Å². The van der Waals surface area contributed by atoms with Gasteiger partial charge in [0.1, 0.15) is 0 Å². The monoisotopic (exact) mass is 384 g/mol. The molecule has 2 aliphatic carbocycles. The maximum Gasteiger partial charge on any atom is 0.153 e. The van der Waals surface area contributed by atoms with Crippen molar-refractivity contribution in [2.75, 3.05) is 11.1 Å². The second kappa shape index (κ2) is 5.32. The molecule has 7 rings (SSSR count). The van der Waals surface area contributed by atoms with E-state index in [1.54, 1.807) is 0 Å². The summed E-state index contributed by atoms with van der Waals surface area (Å²) >= 11 is 0. The van der Waals surface area contributed by atoms with E-state index in [2.05, 4.69) is 63.0 Å². The van der Waals surface area contributed by atoms with Gasteiger partial charge in [-0.3, -0.25) is 10.2 Å². The Hall–Kier alpha value is -3.02. The number of nitrogens with one attached hydrogen (secondary N) is 3. The summed E-state index contributed by atoms with van der Waals surface area (Å²) < 4.78 is 0. The van der Waals surface area contributed by atoms with Crippen LogP contribution in [-0.2, 0) is 0 Å². The lowest BCUT2D eigenvalue weighted by molar-refractivity contribution is 0.249. The van der Waals surface area contributed by atoms with E-state index < -0.39 is 0 Å². The number of H-pyrrole nitrogens is 2. The number of anilines is 2. The van der Waals surface area contributed by atoms with Gasteiger partial charge in [-0.05, 0) is 85.3 Å². The maximum absolute atomic E-state index is 6.11. The van der Waals surface area contributed by atoms with E-state index in [1.807, 2.05) is 0 Å². The Kier molecular flexibility index (Phi) is 2.91. The standard InChI is InChI=1S/C23H24N6/c1-10-18-17(28-26-10)7-6-16-21(18)19-11-2-3-12(8-11)20(19)22(25-16)13-4-5-15-14(9-13)23(24)29-27-15/h4-7,9,11-12,19-20,22,25H,2-3,8H2,1H3,(H,26,28)(H3,24,27,29)/t11?,12?,19-,20+,22-/m0/s1. The number of hydrogen-bond donors (Lipinski definition) is 4. The molecule has 1 aliphatic heterocycles. The molecule has 6 heteroatoms. The Labute approximate surface area is 168 Å². The summed E-state index contributed by atoms with van der Waals surface area (Å²) in [6.45, 7) is 2.15. The number of aryl methyl sites for hydroxylation is 1. The second-order valence-corrected chi connectivity index (χ2v) is 9.24. The third-order valence-corrected chi connectivity index (χ3v) is 7.93. The molecule has 146 valence electrons. The number of hydrogen-bond acceptors (Lipinski definition) is 4. The van der Waals surface area contributed by atoms with Crippen LogP contribution in [0.2, 0.25) is 0 Å². The number of rotatable bonds is 1. The lowest BCUT2D eigenvalue weighted by Gasteiger charge is -2.44. The van der Waals surface area contributed by atoms with Crippen molar-refractivity contribution in [1.29, 1.82) is 0 Å². The van der Waals surface area contributed by atoms with Crippen molar-refractivity contribution < 1.29 is 0 Å². The van der Waals surface area contributed by atoms with Gasteiger partial charge in [-0.2, -0.15) is 10.2 Å². The van der Waals surface area contributed by atoms with Gasteiger partial charge in [-0.15, -0.1) is 0 Å². The summed E-state index contributed by atoms with van der Waals surface area (Å²) in [7, 11) is 0. The summed E-state index contributed by atoms with van der Waals surface area (Å²) in [6, 6.07) is 11.3. The fourth-order valence-corrected chi connectivity index (χ4v) is 6.83. The van der Waals surface area contributed by atoms with E-state index in [1.165, 1.54) is 47.2 Å². The summed E-state index contributed by atoms with van der Waals surface area (Å²) in [5.74, 6) is 3.38. The highest BCUT2D eigenvalue weighted by Gasteiger charge is 2.54. The highest BCUT2D eigenvalue weighted by molar-refractivity contribution is 5.92. The minimum Gasteiger partial charge on any atom is -0.382 e. The van der Waals surface area contributed by atoms with Crippen LogP contribution in [-0.4, -0.2) is 20.4 Å². The molecule has 3 heterocycles. The summed E-state index contributed by atoms with van der Waals surface area (Å²) in [6.07, 6.45) is 4.07. The molecular weight excluding hydrogens is 360 g/mol. The van der Waals surface area contributed by atoms with Gasteiger partial charge in [0.2, 0.25) is 0 Å². The quantitative estimate of drug-likeness (QED) is 0.385. The van der Waals surface area contributed by atoms with Crippen molar-refractivity contribution in [2.24, 2.45) is 17.8 Å². The van der Waals surface area contributed by atoms with Crippen molar-refractivity contribution >= 4 is 33.3 Å². The molecule has 2 fully saturated rings. The van der Waals surface area contributed by atoms with Gasteiger partial charge in [0.15, 0.2) is 5.82 Å². The number of aromatic amines is 2. The molecule has 29 heavy (non-hydrogen) atoms. The zero-order chi connectivity index (χ0) is 19.3. The van der Waals surface area contributed by atoms with Gasteiger partial charge in [-0.1, -0.05) is 6.07 Å². The first-order valence-electron chi connectivity index (χ1n) is 10.7. The van der Waals surface area contributed by atoms with Gasteiger partial charge in [-0.25, -0.2) is 0 Å². The minimum absolute atomic E-state index is 0.311. The van der Waals surface area contributed by atoms with E-state index >= 15 is 0 Å². The normalized spacial score (nSPS) is 29.9. The first-order valence-corrected chi connectivity index (χ1v) is 10.7. The molecule has 3 aliphatic rings. The van der Waals surface area contributed by atoms with E-state index in [0.29, 0.717) is 23.7 Å². The SMILES string of the molecule is Cc1[nH]nc2ccc3c(c12)[C@H]1C2CCC(C2)[C@H]1[C@H](c1ccc2[nH]nc(N)c2c1)N3. The van der Waals surface area contributed by atoms with Crippen LogP contribution in [0.1, 0.15) is 48.0 Å². The molecule has 0 saturated heterocycles. The molecule has 2 bridgehead atoms. The van der Waals surface area contributed by atoms with Crippen molar-refractivity contribution in [3.63, 3.8) is 0 Å². The van der Waals surface area contributed by atoms with Crippen LogP contribution in [0.25, 0.3) is 21.8 Å². The zero-order valence-electron chi connectivity index (χ0n) is 16.4. The second-order valence-electron chi connectivity index (χ2n) is 9.24. The Bertz CT molecular complexity index is 1280. The molecule has 2 aromatic heterocycles. The first kappa shape index (κ1) is 15.9. The van der Waals surface area contributed by atoms with Crippen LogP contribution < -0.4 is 11.1 Å². The predicted molar refractivity (Wildman–Crippen MR) is 115 cm³/mol. The molecule has 4 aromatic rings. The highest BCUT2D eigenvalue weighted by Crippen LogP contribution is 2.64. The third kappa shape index (κ3) is 1.96. The Morgan fingerprint density at radius 3 is 2.86 bits per heavy atom. The van der Waals surface area contributed by atoms with Crippen molar-refractivity contribution in [2.45, 2.75) is 38.1 Å². The first-order chi connectivity index (χ1) is 14.2. The average Bonchev–Trinajstić information content (AvgIpc) is 3.52. The minimum atomic E-state index is 0.311. The number of nitrogens with two attached hydrogens (primary N) is 1. The van der Waals surface area contributed by atoms with Crippen molar-refractivity contribution in [3.05, 3.63) is 47.2 Å². The zero-order valence-corrected chi connectivity index (χ0v) is 16.4. The molecule has 0 amide bonds. The smallest absolute Gasteiger partial charge is 0.153 e. The maximum atomic E-state index is 6.11. The summed E-state index contributed by atoms with van der Waals surface area (Å²) in [5, 5.41) is 21.3. The lowest BCUT2D eigenvalue weighted by atomic mass is 9.67. The van der Waals surface area contributed by atoms with E-state index in [9.17, 15) is 0 Å². The summed E-state index contributed by atoms with van der Waals surface area (Å²) in [4.78, 5) is 0. The van der Waals surface area contributed by atoms with Crippen molar-refractivity contribution in [1.82, 2.24) is 20.4 Å². The van der Waals surface area contributed by atoms with E-state index in [4.69, 9.17) is 5.73 Å². The van der Waals surface area contributed by atoms with Crippen LogP contribution in [0.3, 0.4) is 0 Å². The molecule has 0 radical (unpaired) electrons. The molecule has 2 unspecified atom stereocenters. The Morgan fingerprint density at radius 2 is 1.93 bits per heavy atom. The number of benzene rings is 2. The molecule has 0 spiro atoms. The summed E-state index contributed by atoms with van der Waals surface area (Å²) in [5.41, 5.74) is 13.5. The van der Waals surface area contributed by atoms with E-state index in [0.717, 1.165) is 28.3 Å².